The molecule has 1 atom stereocenters. The van der Waals surface area contributed by atoms with Gasteiger partial charge < -0.3 is 5.73 Å². The van der Waals surface area contributed by atoms with E-state index in [1.807, 2.05) is 0 Å². The Labute approximate surface area is 90.6 Å². The van der Waals surface area contributed by atoms with Crippen molar-refractivity contribution >= 4 is 47.8 Å². The first-order chi connectivity index (χ1) is 7.27. The minimum absolute atomic E-state index is 0.0974. The molecule has 2 aliphatic rings. The Morgan fingerprint density at radius 3 is 3.20 bits per heavy atom. The first-order valence-corrected chi connectivity index (χ1v) is 4.46. The monoisotopic (exact) mass is 221 g/mol. The number of hydrazone groups is 1. The SMILES string of the molecule is NC(=S)N/N=C/C1=NC=NC2=NC=NC12. The van der Waals surface area contributed by atoms with Crippen molar-refractivity contribution in [1.82, 2.24) is 5.43 Å². The van der Waals surface area contributed by atoms with Crippen molar-refractivity contribution < 1.29 is 0 Å². The highest BCUT2D eigenvalue weighted by Crippen LogP contribution is 2.07. The number of nitrogens with two attached hydrogens (primary N) is 1. The molecular formula is C7H7N7S. The second-order valence-electron chi connectivity index (χ2n) is 2.69. The van der Waals surface area contributed by atoms with Crippen LogP contribution in [0.15, 0.2) is 25.1 Å². The minimum Gasteiger partial charge on any atom is -0.375 e. The molecule has 76 valence electrons. The van der Waals surface area contributed by atoms with Gasteiger partial charge in [0.25, 0.3) is 0 Å². The third-order valence-corrected chi connectivity index (χ3v) is 1.79. The normalized spacial score (nSPS) is 22.5. The summed E-state index contributed by atoms with van der Waals surface area (Å²) in [6.07, 6.45) is 4.35. The Morgan fingerprint density at radius 1 is 1.53 bits per heavy atom. The fourth-order valence-electron chi connectivity index (χ4n) is 1.10. The smallest absolute Gasteiger partial charge is 0.184 e. The van der Waals surface area contributed by atoms with Crippen LogP contribution in [0.3, 0.4) is 0 Å². The van der Waals surface area contributed by atoms with Crippen molar-refractivity contribution in [3.05, 3.63) is 0 Å². The van der Waals surface area contributed by atoms with E-state index in [0.717, 1.165) is 0 Å². The number of fused-ring (bicyclic) bond motifs is 1. The van der Waals surface area contributed by atoms with E-state index >= 15 is 0 Å². The molecule has 7 nitrogen and oxygen atoms in total. The fourth-order valence-corrected chi connectivity index (χ4v) is 1.15. The predicted molar refractivity (Wildman–Crippen MR) is 64.1 cm³/mol. The molecule has 2 rings (SSSR count). The molecule has 0 saturated carbocycles. The highest BCUT2D eigenvalue weighted by Gasteiger charge is 2.24. The number of nitrogens with zero attached hydrogens (tertiary/aromatic N) is 5. The number of nitrogens with one attached hydrogen (secondary N) is 1. The summed E-state index contributed by atoms with van der Waals surface area (Å²) in [5, 5.41) is 3.89. The maximum absolute atomic E-state index is 5.20. The summed E-state index contributed by atoms with van der Waals surface area (Å²) >= 11 is 4.59. The van der Waals surface area contributed by atoms with E-state index in [1.165, 1.54) is 18.9 Å². The van der Waals surface area contributed by atoms with Crippen LogP contribution in [-0.2, 0) is 0 Å². The van der Waals surface area contributed by atoms with Gasteiger partial charge in [0.05, 0.1) is 11.9 Å². The summed E-state index contributed by atoms with van der Waals surface area (Å²) in [6, 6.07) is -0.258. The summed E-state index contributed by atoms with van der Waals surface area (Å²) in [7, 11) is 0. The van der Waals surface area contributed by atoms with Crippen LogP contribution >= 0.6 is 12.2 Å². The van der Waals surface area contributed by atoms with Gasteiger partial charge in [0.2, 0.25) is 0 Å². The molecule has 0 amide bonds. The van der Waals surface area contributed by atoms with Crippen molar-refractivity contribution in [1.29, 1.82) is 0 Å². The van der Waals surface area contributed by atoms with E-state index in [2.05, 4.69) is 42.7 Å². The molecular weight excluding hydrogens is 214 g/mol. The van der Waals surface area contributed by atoms with Gasteiger partial charge in [0, 0.05) is 0 Å². The van der Waals surface area contributed by atoms with E-state index in [1.54, 1.807) is 0 Å². The van der Waals surface area contributed by atoms with E-state index in [0.29, 0.717) is 11.5 Å². The molecule has 2 aliphatic heterocycles. The Hall–Kier alpha value is -1.96. The van der Waals surface area contributed by atoms with Crippen molar-refractivity contribution in [2.45, 2.75) is 6.04 Å². The van der Waals surface area contributed by atoms with E-state index in [4.69, 9.17) is 5.73 Å². The third-order valence-electron chi connectivity index (χ3n) is 1.70. The zero-order valence-corrected chi connectivity index (χ0v) is 8.35. The van der Waals surface area contributed by atoms with Crippen LogP contribution in [0.4, 0.5) is 0 Å². The lowest BCUT2D eigenvalue weighted by Crippen LogP contribution is -2.31. The number of amidine groups is 1. The summed E-state index contributed by atoms with van der Waals surface area (Å²) < 4.78 is 0. The van der Waals surface area contributed by atoms with Crippen molar-refractivity contribution in [2.24, 2.45) is 30.8 Å². The number of rotatable bonds is 2. The molecule has 0 aliphatic carbocycles. The largest absolute Gasteiger partial charge is 0.375 e. The second kappa shape index (κ2) is 4.05. The van der Waals surface area contributed by atoms with Gasteiger partial charge in [-0.1, -0.05) is 0 Å². The topological polar surface area (TPSA) is 99.8 Å². The zero-order chi connectivity index (χ0) is 10.7. The second-order valence-corrected chi connectivity index (χ2v) is 3.13. The molecule has 0 fully saturated rings. The summed E-state index contributed by atoms with van der Waals surface area (Å²) in [6.45, 7) is 0. The Kier molecular flexibility index (Phi) is 2.59. The average molecular weight is 221 g/mol. The summed E-state index contributed by atoms with van der Waals surface area (Å²) in [5.74, 6) is 0.613. The van der Waals surface area contributed by atoms with Gasteiger partial charge in [0.1, 0.15) is 12.7 Å². The van der Waals surface area contributed by atoms with Gasteiger partial charge in [-0.05, 0) is 12.2 Å². The fraction of sp³-hybridized carbons (Fsp3) is 0.143. The molecule has 0 saturated heterocycles. The zero-order valence-electron chi connectivity index (χ0n) is 7.53. The first kappa shape index (κ1) is 9.59. The number of aliphatic imine (C=N–C) groups is 4. The highest BCUT2D eigenvalue weighted by atomic mass is 32.1. The predicted octanol–water partition coefficient (Wildman–Crippen LogP) is -0.903. The van der Waals surface area contributed by atoms with Crippen LogP contribution in [0.1, 0.15) is 0 Å². The van der Waals surface area contributed by atoms with Gasteiger partial charge in [-0.25, -0.2) is 15.0 Å². The number of hydrogen-bond acceptors (Lipinski definition) is 6. The van der Waals surface area contributed by atoms with Crippen molar-refractivity contribution in [2.75, 3.05) is 0 Å². The highest BCUT2D eigenvalue weighted by molar-refractivity contribution is 7.80. The third kappa shape index (κ3) is 2.10. The van der Waals surface area contributed by atoms with Crippen LogP contribution in [0.25, 0.3) is 0 Å². The molecule has 2 heterocycles. The lowest BCUT2D eigenvalue weighted by Gasteiger charge is -2.09. The molecule has 3 N–H and O–H groups in total. The Bertz CT molecular complexity index is 431. The van der Waals surface area contributed by atoms with Gasteiger partial charge in [0.15, 0.2) is 17.0 Å². The van der Waals surface area contributed by atoms with Crippen LogP contribution in [-0.4, -0.2) is 41.6 Å². The van der Waals surface area contributed by atoms with E-state index in [9.17, 15) is 0 Å². The Morgan fingerprint density at radius 2 is 2.40 bits per heavy atom. The molecule has 0 bridgehead atoms. The molecule has 15 heavy (non-hydrogen) atoms. The van der Waals surface area contributed by atoms with Gasteiger partial charge in [-0.3, -0.25) is 10.4 Å². The molecule has 8 heteroatoms. The van der Waals surface area contributed by atoms with Crippen molar-refractivity contribution in [3.8, 4) is 0 Å². The van der Waals surface area contributed by atoms with Crippen LogP contribution < -0.4 is 11.2 Å². The minimum atomic E-state index is -0.258. The molecule has 0 aromatic rings. The quantitative estimate of drug-likeness (QED) is 0.359. The molecule has 1 unspecified atom stereocenters. The number of hydrogen-bond donors (Lipinski definition) is 2. The van der Waals surface area contributed by atoms with Gasteiger partial charge >= 0.3 is 0 Å². The Balaban J connectivity index is 2.09. The maximum Gasteiger partial charge on any atom is 0.184 e. The number of thiocarbonyl (C=S) groups is 1. The molecule has 0 radical (unpaired) electrons. The molecule has 0 aromatic heterocycles. The van der Waals surface area contributed by atoms with Crippen LogP contribution in [0.5, 0.6) is 0 Å². The molecule has 0 aromatic carbocycles. The maximum atomic E-state index is 5.20. The van der Waals surface area contributed by atoms with Gasteiger partial charge in [-0.2, -0.15) is 5.10 Å². The van der Waals surface area contributed by atoms with Gasteiger partial charge in [-0.15, -0.1) is 0 Å². The average Bonchev–Trinajstić information content (AvgIpc) is 2.65. The standard InChI is InChI=1S/C7H7N7S/c8-7(15)14-13-1-4-5-6(11-2-9-4)12-3-10-5/h1-3,5H,(H3,8,14,15)/b13-1+. The molecule has 0 spiro atoms. The van der Waals surface area contributed by atoms with E-state index in [-0.39, 0.29) is 11.2 Å². The lowest BCUT2D eigenvalue weighted by molar-refractivity contribution is 1.04. The summed E-state index contributed by atoms with van der Waals surface area (Å²) in [4.78, 5) is 16.0. The first-order valence-electron chi connectivity index (χ1n) is 4.05. The summed E-state index contributed by atoms with van der Waals surface area (Å²) in [5.41, 5.74) is 8.28. The van der Waals surface area contributed by atoms with E-state index < -0.39 is 0 Å². The van der Waals surface area contributed by atoms with Crippen molar-refractivity contribution in [3.63, 3.8) is 0 Å². The lowest BCUT2D eigenvalue weighted by atomic mass is 10.1. The van der Waals surface area contributed by atoms with Crippen LogP contribution in [0, 0.1) is 0 Å². The van der Waals surface area contributed by atoms with Crippen LogP contribution in [0.2, 0.25) is 0 Å².